The highest BCUT2D eigenvalue weighted by Gasteiger charge is 2.17. The van der Waals surface area contributed by atoms with E-state index in [0.29, 0.717) is 16.9 Å². The van der Waals surface area contributed by atoms with E-state index in [4.69, 9.17) is 0 Å². The van der Waals surface area contributed by atoms with Crippen LogP contribution >= 0.6 is 0 Å². The standard InChI is InChI=1S/C22H17FN2O2/c23-17-9-3-1-8-16(17)14-25-19-11-5-2-7-15(19)13-20(25)22(27)24-18-10-4-6-12-21(18)26/h1-13,26H,14H2,(H,24,27). The van der Waals surface area contributed by atoms with Gasteiger partial charge in [0.1, 0.15) is 17.3 Å². The molecule has 4 rings (SSSR count). The molecule has 0 atom stereocenters. The average molecular weight is 360 g/mol. The minimum absolute atomic E-state index is 0.0115. The van der Waals surface area contributed by atoms with Gasteiger partial charge in [-0.1, -0.05) is 48.5 Å². The first-order valence-corrected chi connectivity index (χ1v) is 8.54. The van der Waals surface area contributed by atoms with Gasteiger partial charge in [-0.3, -0.25) is 4.79 Å². The maximum Gasteiger partial charge on any atom is 0.272 e. The van der Waals surface area contributed by atoms with Crippen molar-refractivity contribution in [2.45, 2.75) is 6.54 Å². The molecule has 5 heteroatoms. The molecule has 0 fully saturated rings. The highest BCUT2D eigenvalue weighted by atomic mass is 19.1. The fraction of sp³-hybridized carbons (Fsp3) is 0.0455. The number of fused-ring (bicyclic) bond motifs is 1. The van der Waals surface area contributed by atoms with Crippen LogP contribution in [-0.4, -0.2) is 15.6 Å². The SMILES string of the molecule is O=C(Nc1ccccc1O)c1cc2ccccc2n1Cc1ccccc1F. The predicted octanol–water partition coefficient (Wildman–Crippen LogP) is 4.79. The van der Waals surface area contributed by atoms with Gasteiger partial charge in [0.2, 0.25) is 0 Å². The first kappa shape index (κ1) is 16.8. The van der Waals surface area contributed by atoms with Gasteiger partial charge in [0.15, 0.2) is 0 Å². The van der Waals surface area contributed by atoms with Crippen LogP contribution in [0.1, 0.15) is 16.1 Å². The number of phenolic OH excluding ortho intramolecular Hbond substituents is 1. The third-order valence-electron chi connectivity index (χ3n) is 4.48. The summed E-state index contributed by atoms with van der Waals surface area (Å²) in [6.45, 7) is 0.226. The Labute approximate surface area is 155 Å². The summed E-state index contributed by atoms with van der Waals surface area (Å²) in [5, 5.41) is 13.5. The van der Waals surface area contributed by atoms with Crippen molar-refractivity contribution < 1.29 is 14.3 Å². The number of amides is 1. The molecule has 0 aliphatic rings. The van der Waals surface area contributed by atoms with Crippen LogP contribution in [0.25, 0.3) is 10.9 Å². The number of hydrogen-bond acceptors (Lipinski definition) is 2. The van der Waals surface area contributed by atoms with Crippen LogP contribution in [0.4, 0.5) is 10.1 Å². The molecule has 3 aromatic carbocycles. The highest BCUT2D eigenvalue weighted by molar-refractivity contribution is 6.07. The van der Waals surface area contributed by atoms with Crippen molar-refractivity contribution >= 4 is 22.5 Å². The lowest BCUT2D eigenvalue weighted by atomic mass is 10.2. The number of para-hydroxylation sites is 3. The van der Waals surface area contributed by atoms with E-state index in [1.54, 1.807) is 47.0 Å². The second-order valence-electron chi connectivity index (χ2n) is 6.24. The fourth-order valence-electron chi connectivity index (χ4n) is 3.13. The van der Waals surface area contributed by atoms with E-state index in [1.165, 1.54) is 12.1 Å². The van der Waals surface area contributed by atoms with Gasteiger partial charge in [-0.15, -0.1) is 0 Å². The zero-order chi connectivity index (χ0) is 18.8. The number of nitrogens with zero attached hydrogens (tertiary/aromatic N) is 1. The number of halogens is 1. The molecule has 4 nitrogen and oxygen atoms in total. The molecule has 0 aliphatic carbocycles. The summed E-state index contributed by atoms with van der Waals surface area (Å²) in [7, 11) is 0. The largest absolute Gasteiger partial charge is 0.506 e. The number of nitrogens with one attached hydrogen (secondary N) is 1. The van der Waals surface area contributed by atoms with Crippen molar-refractivity contribution in [2.24, 2.45) is 0 Å². The molecule has 1 aromatic heterocycles. The molecule has 0 aliphatic heterocycles. The third-order valence-corrected chi connectivity index (χ3v) is 4.48. The van der Waals surface area contributed by atoms with Crippen LogP contribution < -0.4 is 5.32 Å². The van der Waals surface area contributed by atoms with E-state index < -0.39 is 0 Å². The number of aromatic hydroxyl groups is 1. The van der Waals surface area contributed by atoms with E-state index in [2.05, 4.69) is 5.32 Å². The van der Waals surface area contributed by atoms with Gasteiger partial charge in [-0.2, -0.15) is 0 Å². The van der Waals surface area contributed by atoms with E-state index >= 15 is 0 Å². The second kappa shape index (κ2) is 6.96. The van der Waals surface area contributed by atoms with E-state index in [0.717, 1.165) is 10.9 Å². The van der Waals surface area contributed by atoms with E-state index in [9.17, 15) is 14.3 Å². The molecule has 0 unspecified atom stereocenters. The van der Waals surface area contributed by atoms with Crippen LogP contribution in [0.5, 0.6) is 5.75 Å². The molecule has 1 amide bonds. The van der Waals surface area contributed by atoms with Crippen molar-refractivity contribution in [3.63, 3.8) is 0 Å². The molecular formula is C22H17FN2O2. The molecule has 1 heterocycles. The number of aromatic nitrogens is 1. The minimum Gasteiger partial charge on any atom is -0.506 e. The molecule has 0 radical (unpaired) electrons. The molecular weight excluding hydrogens is 343 g/mol. The summed E-state index contributed by atoms with van der Waals surface area (Å²) in [5.74, 6) is -0.700. The van der Waals surface area contributed by atoms with Crippen molar-refractivity contribution in [2.75, 3.05) is 5.32 Å². The van der Waals surface area contributed by atoms with Crippen molar-refractivity contribution in [3.8, 4) is 5.75 Å². The Hall–Kier alpha value is -3.60. The molecule has 27 heavy (non-hydrogen) atoms. The Kier molecular flexibility index (Phi) is 4.34. The Morgan fingerprint density at radius 3 is 2.48 bits per heavy atom. The maximum absolute atomic E-state index is 14.2. The van der Waals surface area contributed by atoms with Gasteiger partial charge >= 0.3 is 0 Å². The molecule has 0 saturated carbocycles. The molecule has 0 bridgehead atoms. The number of phenols is 1. The Morgan fingerprint density at radius 2 is 1.67 bits per heavy atom. The summed E-state index contributed by atoms with van der Waals surface area (Å²) in [6, 6.07) is 22.4. The molecule has 0 saturated heterocycles. The number of hydrogen-bond donors (Lipinski definition) is 2. The lowest BCUT2D eigenvalue weighted by molar-refractivity contribution is 0.101. The molecule has 4 aromatic rings. The first-order chi connectivity index (χ1) is 13.1. The van der Waals surface area contributed by atoms with Crippen molar-refractivity contribution in [1.29, 1.82) is 0 Å². The lowest BCUT2D eigenvalue weighted by Gasteiger charge is -2.12. The van der Waals surface area contributed by atoms with Crippen LogP contribution in [0.2, 0.25) is 0 Å². The summed E-state index contributed by atoms with van der Waals surface area (Å²) in [4.78, 5) is 12.9. The number of carbonyl (C=O) groups excluding carboxylic acids is 1. The molecule has 0 spiro atoms. The third kappa shape index (κ3) is 3.27. The quantitative estimate of drug-likeness (QED) is 0.514. The monoisotopic (exact) mass is 360 g/mol. The fourth-order valence-corrected chi connectivity index (χ4v) is 3.13. The summed E-state index contributed by atoms with van der Waals surface area (Å²) in [5.41, 5.74) is 2.05. The van der Waals surface area contributed by atoms with Gasteiger partial charge in [-0.25, -0.2) is 4.39 Å². The van der Waals surface area contributed by atoms with Gasteiger partial charge in [0.05, 0.1) is 12.2 Å². The lowest BCUT2D eigenvalue weighted by Crippen LogP contribution is -2.18. The Morgan fingerprint density at radius 1 is 0.963 bits per heavy atom. The summed E-state index contributed by atoms with van der Waals surface area (Å²) in [6.07, 6.45) is 0. The van der Waals surface area contributed by atoms with Crippen LogP contribution in [0.3, 0.4) is 0 Å². The Balaban J connectivity index is 1.77. The van der Waals surface area contributed by atoms with Crippen LogP contribution in [0.15, 0.2) is 78.9 Å². The molecule has 2 N–H and O–H groups in total. The van der Waals surface area contributed by atoms with Crippen molar-refractivity contribution in [3.05, 3.63) is 95.9 Å². The smallest absolute Gasteiger partial charge is 0.272 e. The number of anilines is 1. The Bertz CT molecular complexity index is 1130. The number of rotatable bonds is 4. The number of carbonyl (C=O) groups is 1. The predicted molar refractivity (Wildman–Crippen MR) is 104 cm³/mol. The second-order valence-corrected chi connectivity index (χ2v) is 6.24. The van der Waals surface area contributed by atoms with Crippen LogP contribution in [-0.2, 0) is 6.54 Å². The summed E-state index contributed by atoms with van der Waals surface area (Å²) >= 11 is 0. The zero-order valence-corrected chi connectivity index (χ0v) is 14.4. The van der Waals surface area contributed by atoms with E-state index in [1.807, 2.05) is 24.3 Å². The highest BCUT2D eigenvalue weighted by Crippen LogP contribution is 2.25. The first-order valence-electron chi connectivity index (χ1n) is 8.54. The van der Waals surface area contributed by atoms with Crippen molar-refractivity contribution in [1.82, 2.24) is 4.57 Å². The van der Waals surface area contributed by atoms with Crippen LogP contribution in [0, 0.1) is 5.82 Å². The average Bonchev–Trinajstić information content (AvgIpc) is 3.04. The van der Waals surface area contributed by atoms with Gasteiger partial charge in [0, 0.05) is 16.5 Å². The van der Waals surface area contributed by atoms with Gasteiger partial charge in [-0.05, 0) is 30.3 Å². The zero-order valence-electron chi connectivity index (χ0n) is 14.4. The minimum atomic E-state index is -0.371. The van der Waals surface area contributed by atoms with Gasteiger partial charge in [0.25, 0.3) is 5.91 Å². The maximum atomic E-state index is 14.2. The van der Waals surface area contributed by atoms with Gasteiger partial charge < -0.3 is 15.0 Å². The molecule has 134 valence electrons. The topological polar surface area (TPSA) is 54.3 Å². The normalized spacial score (nSPS) is 10.9. The van der Waals surface area contributed by atoms with E-state index in [-0.39, 0.29) is 24.0 Å². The number of benzene rings is 3. The summed E-state index contributed by atoms with van der Waals surface area (Å²) < 4.78 is 15.9.